The first kappa shape index (κ1) is 20.8. The summed E-state index contributed by atoms with van der Waals surface area (Å²) in [4.78, 5) is 11.8. The van der Waals surface area contributed by atoms with Crippen LogP contribution in [0.5, 0.6) is 0 Å². The Morgan fingerprint density at radius 1 is 1.14 bits per heavy atom. The molecule has 0 saturated heterocycles. The average molecular weight is 341 g/mol. The predicted octanol–water partition coefficient (Wildman–Crippen LogP) is 2.12. The van der Waals surface area contributed by atoms with Crippen molar-refractivity contribution in [2.24, 2.45) is 0 Å². The van der Waals surface area contributed by atoms with Crippen molar-refractivity contribution < 1.29 is 27.3 Å². The van der Waals surface area contributed by atoms with Gasteiger partial charge in [0.15, 0.2) is 0 Å². The summed E-state index contributed by atoms with van der Waals surface area (Å²) < 4.78 is 33.0. The lowest BCUT2D eigenvalue weighted by atomic mass is 10.5. The molecule has 0 aromatic heterocycles. The van der Waals surface area contributed by atoms with Crippen molar-refractivity contribution in [2.45, 2.75) is 32.9 Å². The zero-order valence-electron chi connectivity index (χ0n) is 13.6. The van der Waals surface area contributed by atoms with E-state index in [2.05, 4.69) is 5.32 Å². The molecule has 1 N–H and O–H groups in total. The summed E-state index contributed by atoms with van der Waals surface area (Å²) >= 11 is 0. The van der Waals surface area contributed by atoms with Crippen LogP contribution >= 0.6 is 7.60 Å². The van der Waals surface area contributed by atoms with E-state index in [1.165, 1.54) is 0 Å². The first-order valence-corrected chi connectivity index (χ1v) is 11.3. The van der Waals surface area contributed by atoms with Gasteiger partial charge in [-0.1, -0.05) is 0 Å². The Labute approximate surface area is 128 Å². The minimum absolute atomic E-state index is 0.246. The first-order chi connectivity index (χ1) is 9.84. The van der Waals surface area contributed by atoms with Gasteiger partial charge < -0.3 is 23.2 Å². The molecule has 0 aromatic rings. The average Bonchev–Trinajstić information content (AvgIpc) is 2.43. The highest BCUT2D eigenvalue weighted by Gasteiger charge is 2.29. The van der Waals surface area contributed by atoms with E-state index in [0.29, 0.717) is 6.54 Å². The van der Waals surface area contributed by atoms with Crippen LogP contribution < -0.4 is 5.32 Å². The van der Waals surface area contributed by atoms with Crippen LogP contribution in [0.2, 0.25) is 12.6 Å². The Kier molecular flexibility index (Phi) is 10.4. The van der Waals surface area contributed by atoms with Crippen LogP contribution in [0.25, 0.3) is 0 Å². The summed E-state index contributed by atoms with van der Waals surface area (Å²) in [5, 5.41) is 2.72. The van der Waals surface area contributed by atoms with Gasteiger partial charge in [0.2, 0.25) is 5.91 Å². The molecule has 0 radical (unpaired) electrons. The van der Waals surface area contributed by atoms with Crippen LogP contribution in [-0.2, 0) is 27.3 Å². The summed E-state index contributed by atoms with van der Waals surface area (Å²) in [7, 11) is -2.15. The molecule has 0 spiro atoms. The maximum atomic E-state index is 12.2. The Balaban J connectivity index is 4.12. The van der Waals surface area contributed by atoms with Gasteiger partial charge in [0.25, 0.3) is 0 Å². The van der Waals surface area contributed by atoms with Gasteiger partial charge in [-0.3, -0.25) is 9.36 Å². The fourth-order valence-corrected chi connectivity index (χ4v) is 4.58. The van der Waals surface area contributed by atoms with E-state index in [1.54, 1.807) is 28.1 Å². The lowest BCUT2D eigenvalue weighted by Crippen LogP contribution is -2.37. The SMILES string of the molecule is CCOP(=O)(CC(=O)NCCC[Si](C)(OC)OC)OCC. The smallest absolute Gasteiger partial charge is 0.340 e. The molecule has 126 valence electrons. The number of rotatable bonds is 12. The van der Waals surface area contributed by atoms with Crippen LogP contribution in [0.3, 0.4) is 0 Å². The Morgan fingerprint density at radius 2 is 1.67 bits per heavy atom. The molecule has 0 aliphatic rings. The van der Waals surface area contributed by atoms with E-state index in [0.717, 1.165) is 12.5 Å². The molecule has 0 atom stereocenters. The van der Waals surface area contributed by atoms with Gasteiger partial charge >= 0.3 is 16.2 Å². The van der Waals surface area contributed by atoms with Crippen molar-refractivity contribution in [3.63, 3.8) is 0 Å². The van der Waals surface area contributed by atoms with Crippen molar-refractivity contribution in [3.05, 3.63) is 0 Å². The number of carbonyl (C=O) groups excluding carboxylic acids is 1. The van der Waals surface area contributed by atoms with Gasteiger partial charge in [0, 0.05) is 20.8 Å². The van der Waals surface area contributed by atoms with Gasteiger partial charge in [-0.15, -0.1) is 0 Å². The second kappa shape index (κ2) is 10.5. The molecule has 1 amide bonds. The van der Waals surface area contributed by atoms with E-state index in [9.17, 15) is 9.36 Å². The fraction of sp³-hybridized carbons (Fsp3) is 0.917. The van der Waals surface area contributed by atoms with Gasteiger partial charge in [-0.2, -0.15) is 0 Å². The largest absolute Gasteiger partial charge is 0.398 e. The Hall–Kier alpha value is -0.243. The molecule has 21 heavy (non-hydrogen) atoms. The minimum Gasteiger partial charge on any atom is -0.398 e. The maximum Gasteiger partial charge on any atom is 0.340 e. The molecular formula is C12H28NO6PSi. The third-order valence-corrected chi connectivity index (χ3v) is 7.95. The van der Waals surface area contributed by atoms with Gasteiger partial charge in [-0.05, 0) is 32.9 Å². The van der Waals surface area contributed by atoms with Crippen LogP contribution in [0, 0.1) is 0 Å². The molecule has 0 bridgehead atoms. The van der Waals surface area contributed by atoms with E-state index in [4.69, 9.17) is 17.9 Å². The van der Waals surface area contributed by atoms with Crippen LogP contribution in [0.15, 0.2) is 0 Å². The molecular weight excluding hydrogens is 313 g/mol. The van der Waals surface area contributed by atoms with Gasteiger partial charge in [0.1, 0.15) is 6.16 Å². The van der Waals surface area contributed by atoms with Crippen molar-refractivity contribution in [3.8, 4) is 0 Å². The van der Waals surface area contributed by atoms with E-state index >= 15 is 0 Å². The summed E-state index contributed by atoms with van der Waals surface area (Å²) in [6.07, 6.45) is 0.488. The molecule has 0 unspecified atom stereocenters. The van der Waals surface area contributed by atoms with Crippen LogP contribution in [-0.4, -0.2) is 54.6 Å². The highest BCUT2D eigenvalue weighted by molar-refractivity contribution is 7.54. The minimum atomic E-state index is -3.32. The monoisotopic (exact) mass is 341 g/mol. The Bertz CT molecular complexity index is 341. The molecule has 0 fully saturated rings. The first-order valence-electron chi connectivity index (χ1n) is 7.10. The third kappa shape index (κ3) is 8.70. The fourth-order valence-electron chi connectivity index (χ4n) is 1.68. The van der Waals surface area contributed by atoms with Gasteiger partial charge in [-0.25, -0.2) is 0 Å². The van der Waals surface area contributed by atoms with Crippen molar-refractivity contribution in [1.29, 1.82) is 0 Å². The second-order valence-electron chi connectivity index (χ2n) is 4.60. The zero-order valence-corrected chi connectivity index (χ0v) is 15.5. The predicted molar refractivity (Wildman–Crippen MR) is 83.8 cm³/mol. The molecule has 0 heterocycles. The molecule has 7 nitrogen and oxygen atoms in total. The van der Waals surface area contributed by atoms with Crippen molar-refractivity contribution in [2.75, 3.05) is 40.1 Å². The highest BCUT2D eigenvalue weighted by Crippen LogP contribution is 2.47. The van der Waals surface area contributed by atoms with Gasteiger partial charge in [0.05, 0.1) is 13.2 Å². The van der Waals surface area contributed by atoms with E-state index < -0.39 is 16.2 Å². The standard InChI is InChI=1S/C12H28NO6PSi/c1-6-18-20(15,19-7-2)11-12(14)13-9-8-10-21(5,16-3)17-4/h6-11H2,1-5H3,(H,13,14). The van der Waals surface area contributed by atoms with E-state index in [1.807, 2.05) is 6.55 Å². The summed E-state index contributed by atoms with van der Waals surface area (Å²) in [6.45, 7) is 6.36. The third-order valence-electron chi connectivity index (χ3n) is 2.98. The summed E-state index contributed by atoms with van der Waals surface area (Å²) in [5.74, 6) is -0.335. The van der Waals surface area contributed by atoms with Crippen molar-refractivity contribution >= 4 is 22.1 Å². The summed E-state index contributed by atoms with van der Waals surface area (Å²) in [5.41, 5.74) is 0. The quantitative estimate of drug-likeness (QED) is 0.333. The van der Waals surface area contributed by atoms with Crippen molar-refractivity contribution in [1.82, 2.24) is 5.32 Å². The van der Waals surface area contributed by atoms with Crippen LogP contribution in [0.4, 0.5) is 0 Å². The highest BCUT2D eigenvalue weighted by atomic mass is 31.2. The van der Waals surface area contributed by atoms with E-state index in [-0.39, 0.29) is 25.3 Å². The zero-order chi connectivity index (χ0) is 16.4. The lowest BCUT2D eigenvalue weighted by Gasteiger charge is -2.22. The Morgan fingerprint density at radius 3 is 2.10 bits per heavy atom. The molecule has 0 aliphatic carbocycles. The molecule has 0 aliphatic heterocycles. The molecule has 0 saturated carbocycles. The topological polar surface area (TPSA) is 83.1 Å². The molecule has 9 heteroatoms. The normalized spacial score (nSPS) is 12.4. The number of amides is 1. The second-order valence-corrected chi connectivity index (χ2v) is 10.2. The number of hydrogen-bond acceptors (Lipinski definition) is 6. The maximum absolute atomic E-state index is 12.2. The molecule has 0 aromatic carbocycles. The lowest BCUT2D eigenvalue weighted by molar-refractivity contribution is -0.118. The number of carbonyl (C=O) groups is 1. The number of hydrogen-bond donors (Lipinski definition) is 1. The van der Waals surface area contributed by atoms with Crippen LogP contribution in [0.1, 0.15) is 20.3 Å². The molecule has 0 rings (SSSR count). The number of nitrogens with one attached hydrogen (secondary N) is 1. The summed E-state index contributed by atoms with van der Waals surface area (Å²) in [6, 6.07) is 0.773.